The summed E-state index contributed by atoms with van der Waals surface area (Å²) in [6, 6.07) is 18.7. The predicted octanol–water partition coefficient (Wildman–Crippen LogP) is 0.746. The Morgan fingerprint density at radius 3 is 1.92 bits per heavy atom. The lowest BCUT2D eigenvalue weighted by Crippen LogP contribution is -3.00. The normalized spacial score (nSPS) is 11.3. The van der Waals surface area contributed by atoms with Crippen molar-refractivity contribution in [3.8, 4) is 0 Å². The molecule has 0 saturated heterocycles. The van der Waals surface area contributed by atoms with Crippen molar-refractivity contribution in [1.29, 1.82) is 0 Å². The standard InChI is InChI=1S/C20H22NO2.ClH/c1-21(2,3)13-20(22)23-14-19-17-10-6-4-8-15(17)12-16-9-5-7-11-18(16)19;/h4-12H,13-14H2,1-3H3;1H/q+1;/p-1. The van der Waals surface area contributed by atoms with E-state index in [-0.39, 0.29) is 18.4 Å². The first kappa shape index (κ1) is 18.2. The monoisotopic (exact) mass is 343 g/mol. The van der Waals surface area contributed by atoms with Crippen LogP contribution in [-0.4, -0.2) is 38.1 Å². The quantitative estimate of drug-likeness (QED) is 0.397. The number of benzene rings is 3. The number of carbonyl (C=O) groups is 1. The van der Waals surface area contributed by atoms with Crippen molar-refractivity contribution in [2.24, 2.45) is 0 Å². The summed E-state index contributed by atoms with van der Waals surface area (Å²) < 4.78 is 6.13. The molecule has 24 heavy (non-hydrogen) atoms. The van der Waals surface area contributed by atoms with Crippen LogP contribution >= 0.6 is 0 Å². The van der Waals surface area contributed by atoms with E-state index in [1.807, 2.05) is 45.4 Å². The Morgan fingerprint density at radius 2 is 1.42 bits per heavy atom. The highest BCUT2D eigenvalue weighted by molar-refractivity contribution is 6.02. The van der Waals surface area contributed by atoms with E-state index in [1.165, 1.54) is 10.8 Å². The van der Waals surface area contributed by atoms with Gasteiger partial charge in [0.15, 0.2) is 6.54 Å². The number of rotatable bonds is 4. The highest BCUT2D eigenvalue weighted by Crippen LogP contribution is 2.29. The Bertz CT molecular complexity index is 814. The van der Waals surface area contributed by atoms with Crippen LogP contribution < -0.4 is 12.4 Å². The van der Waals surface area contributed by atoms with E-state index >= 15 is 0 Å². The largest absolute Gasteiger partial charge is 1.00 e. The van der Waals surface area contributed by atoms with Gasteiger partial charge in [0, 0.05) is 5.56 Å². The molecule has 3 aromatic rings. The van der Waals surface area contributed by atoms with Gasteiger partial charge in [-0.15, -0.1) is 0 Å². The molecule has 3 nitrogen and oxygen atoms in total. The number of ether oxygens (including phenoxy) is 1. The zero-order valence-electron chi connectivity index (χ0n) is 14.3. The SMILES string of the molecule is C[N+](C)(C)CC(=O)OCc1c2ccccc2cc2ccccc12.[Cl-]. The van der Waals surface area contributed by atoms with Crippen molar-refractivity contribution < 1.29 is 26.4 Å². The number of quaternary nitrogens is 1. The van der Waals surface area contributed by atoms with Gasteiger partial charge in [0.05, 0.1) is 21.1 Å². The van der Waals surface area contributed by atoms with Gasteiger partial charge in [0.2, 0.25) is 0 Å². The van der Waals surface area contributed by atoms with Crippen LogP contribution in [0.15, 0.2) is 54.6 Å². The zero-order valence-corrected chi connectivity index (χ0v) is 15.0. The molecular formula is C20H22ClNO2. The van der Waals surface area contributed by atoms with Crippen molar-refractivity contribution in [2.75, 3.05) is 27.7 Å². The summed E-state index contributed by atoms with van der Waals surface area (Å²) in [7, 11) is 5.94. The fourth-order valence-corrected chi connectivity index (χ4v) is 2.85. The van der Waals surface area contributed by atoms with Gasteiger partial charge in [0.25, 0.3) is 0 Å². The van der Waals surface area contributed by atoms with Crippen LogP contribution in [0.2, 0.25) is 0 Å². The highest BCUT2D eigenvalue weighted by Gasteiger charge is 2.16. The minimum absolute atomic E-state index is 0. The Hall–Kier alpha value is -2.10. The second-order valence-corrected chi connectivity index (χ2v) is 6.91. The first-order valence-electron chi connectivity index (χ1n) is 7.79. The molecule has 126 valence electrons. The first-order valence-corrected chi connectivity index (χ1v) is 7.79. The lowest BCUT2D eigenvalue weighted by Gasteiger charge is -2.22. The molecule has 0 N–H and O–H groups in total. The lowest BCUT2D eigenvalue weighted by atomic mass is 9.97. The van der Waals surface area contributed by atoms with Gasteiger partial charge in [-0.25, -0.2) is 4.79 Å². The third-order valence-corrected chi connectivity index (χ3v) is 3.86. The maximum atomic E-state index is 12.1. The molecule has 0 bridgehead atoms. The van der Waals surface area contributed by atoms with Gasteiger partial charge in [-0.1, -0.05) is 48.5 Å². The summed E-state index contributed by atoms with van der Waals surface area (Å²) in [6.45, 7) is 0.670. The van der Waals surface area contributed by atoms with Crippen LogP contribution in [0.3, 0.4) is 0 Å². The molecule has 3 rings (SSSR count). The van der Waals surface area contributed by atoms with Crippen molar-refractivity contribution in [3.63, 3.8) is 0 Å². The Morgan fingerprint density at radius 1 is 0.917 bits per heavy atom. The highest BCUT2D eigenvalue weighted by atomic mass is 35.5. The molecule has 3 aromatic carbocycles. The maximum absolute atomic E-state index is 12.1. The molecule has 4 heteroatoms. The Balaban J connectivity index is 0.00000208. The van der Waals surface area contributed by atoms with Crippen LogP contribution in [0.25, 0.3) is 21.5 Å². The van der Waals surface area contributed by atoms with Gasteiger partial charge in [-0.05, 0) is 27.6 Å². The molecular weight excluding hydrogens is 322 g/mol. The first-order chi connectivity index (χ1) is 10.9. The summed E-state index contributed by atoms with van der Waals surface area (Å²) in [5, 5.41) is 4.63. The lowest BCUT2D eigenvalue weighted by molar-refractivity contribution is -0.862. The second-order valence-electron chi connectivity index (χ2n) is 6.91. The molecule has 0 fully saturated rings. The predicted molar refractivity (Wildman–Crippen MR) is 94.1 cm³/mol. The molecule has 0 spiro atoms. The van der Waals surface area contributed by atoms with Crippen LogP contribution in [0.5, 0.6) is 0 Å². The minimum Gasteiger partial charge on any atom is -1.00 e. The Kier molecular flexibility index (Phi) is 5.47. The fourth-order valence-electron chi connectivity index (χ4n) is 2.85. The molecule has 0 atom stereocenters. The number of hydrogen-bond donors (Lipinski definition) is 0. The summed E-state index contributed by atoms with van der Waals surface area (Å²) in [5.74, 6) is -0.172. The molecule has 0 saturated carbocycles. The van der Waals surface area contributed by atoms with Gasteiger partial charge in [-0.3, -0.25) is 0 Å². The summed E-state index contributed by atoms with van der Waals surface area (Å²) in [6.07, 6.45) is 0. The third kappa shape index (κ3) is 4.05. The van der Waals surface area contributed by atoms with Gasteiger partial charge in [0.1, 0.15) is 6.61 Å². The van der Waals surface area contributed by atoms with Crippen molar-refractivity contribution in [3.05, 3.63) is 60.2 Å². The van der Waals surface area contributed by atoms with Crippen LogP contribution in [0.4, 0.5) is 0 Å². The molecule has 0 amide bonds. The fraction of sp³-hybridized carbons (Fsp3) is 0.250. The molecule has 0 aliphatic carbocycles. The van der Waals surface area contributed by atoms with E-state index in [0.717, 1.165) is 16.3 Å². The third-order valence-electron chi connectivity index (χ3n) is 3.86. The zero-order chi connectivity index (χ0) is 16.4. The van der Waals surface area contributed by atoms with E-state index in [0.29, 0.717) is 17.6 Å². The van der Waals surface area contributed by atoms with Gasteiger partial charge < -0.3 is 21.6 Å². The number of fused-ring (bicyclic) bond motifs is 2. The number of halogens is 1. The number of hydrogen-bond acceptors (Lipinski definition) is 2. The maximum Gasteiger partial charge on any atom is 0.362 e. The topological polar surface area (TPSA) is 26.3 Å². The average molecular weight is 344 g/mol. The van der Waals surface area contributed by atoms with Crippen LogP contribution in [0, 0.1) is 0 Å². The smallest absolute Gasteiger partial charge is 0.362 e. The van der Waals surface area contributed by atoms with E-state index in [4.69, 9.17) is 4.74 Å². The van der Waals surface area contributed by atoms with E-state index in [1.54, 1.807) is 0 Å². The van der Waals surface area contributed by atoms with Gasteiger partial charge >= 0.3 is 5.97 Å². The summed E-state index contributed by atoms with van der Waals surface area (Å²) >= 11 is 0. The van der Waals surface area contributed by atoms with Crippen molar-refractivity contribution in [2.45, 2.75) is 6.61 Å². The van der Waals surface area contributed by atoms with E-state index < -0.39 is 0 Å². The number of esters is 1. The van der Waals surface area contributed by atoms with Crippen molar-refractivity contribution in [1.82, 2.24) is 0 Å². The van der Waals surface area contributed by atoms with Crippen molar-refractivity contribution >= 4 is 27.5 Å². The average Bonchev–Trinajstić information content (AvgIpc) is 2.49. The minimum atomic E-state index is -0.172. The van der Waals surface area contributed by atoms with Crippen LogP contribution in [-0.2, 0) is 16.1 Å². The molecule has 0 unspecified atom stereocenters. The Labute approximate surface area is 148 Å². The van der Waals surface area contributed by atoms with E-state index in [2.05, 4.69) is 30.3 Å². The number of nitrogens with zero attached hydrogens (tertiary/aromatic N) is 1. The molecule has 0 aliphatic rings. The summed E-state index contributed by atoms with van der Waals surface area (Å²) in [5.41, 5.74) is 1.08. The van der Waals surface area contributed by atoms with E-state index in [9.17, 15) is 4.79 Å². The summed E-state index contributed by atoms with van der Waals surface area (Å²) in [4.78, 5) is 12.1. The van der Waals surface area contributed by atoms with Crippen LogP contribution in [0.1, 0.15) is 5.56 Å². The molecule has 0 heterocycles. The van der Waals surface area contributed by atoms with Gasteiger partial charge in [-0.2, -0.15) is 0 Å². The molecule has 0 radical (unpaired) electrons. The second kappa shape index (κ2) is 7.20. The number of likely N-dealkylation sites (N-methyl/N-ethyl adjacent to an activating group) is 1. The molecule has 0 aromatic heterocycles. The molecule has 0 aliphatic heterocycles. The number of carbonyl (C=O) groups excluding carboxylic acids is 1.